The van der Waals surface area contributed by atoms with Gasteiger partial charge in [0.2, 0.25) is 0 Å². The van der Waals surface area contributed by atoms with Crippen LogP contribution in [0.1, 0.15) is 37.9 Å². The van der Waals surface area contributed by atoms with Crippen molar-refractivity contribution in [3.63, 3.8) is 0 Å². The molecule has 1 aromatic heterocycles. The zero-order chi connectivity index (χ0) is 19.9. The lowest BCUT2D eigenvalue weighted by molar-refractivity contribution is 0.167. The number of anilines is 1. The average Bonchev–Trinajstić information content (AvgIpc) is 2.69. The summed E-state index contributed by atoms with van der Waals surface area (Å²) in [6, 6.07) is 9.81. The molecule has 0 unspecified atom stereocenters. The number of hydrogen-bond acceptors (Lipinski definition) is 4. The maximum Gasteiger partial charge on any atom is 0.319 e. The molecule has 6 heteroatoms. The van der Waals surface area contributed by atoms with E-state index in [1.807, 2.05) is 37.3 Å². The summed E-state index contributed by atoms with van der Waals surface area (Å²) in [4.78, 5) is 23.3. The monoisotopic (exact) mass is 381 g/mol. The number of aromatic nitrogens is 2. The van der Waals surface area contributed by atoms with Crippen LogP contribution in [-0.2, 0) is 0 Å². The molecule has 2 amide bonds. The van der Waals surface area contributed by atoms with Crippen LogP contribution < -0.4 is 10.6 Å². The van der Waals surface area contributed by atoms with Gasteiger partial charge in [0.1, 0.15) is 5.82 Å². The Morgan fingerprint density at radius 3 is 2.71 bits per heavy atom. The highest BCUT2D eigenvalue weighted by atomic mass is 16.2. The third-order valence-electron chi connectivity index (χ3n) is 5.52. The number of rotatable bonds is 6. The van der Waals surface area contributed by atoms with E-state index in [9.17, 15) is 4.79 Å². The highest BCUT2D eigenvalue weighted by Gasteiger charge is 2.25. The van der Waals surface area contributed by atoms with Crippen molar-refractivity contribution in [2.24, 2.45) is 5.92 Å². The Bertz CT molecular complexity index is 786. The zero-order valence-electron chi connectivity index (χ0n) is 17.1. The van der Waals surface area contributed by atoms with Crippen LogP contribution >= 0.6 is 0 Å². The first-order valence-corrected chi connectivity index (χ1v) is 10.1. The number of carbonyl (C=O) groups excluding carboxylic acids is 1. The van der Waals surface area contributed by atoms with Crippen molar-refractivity contribution < 1.29 is 4.79 Å². The van der Waals surface area contributed by atoms with Gasteiger partial charge in [-0.3, -0.25) is 0 Å². The number of amides is 2. The normalized spacial score (nSPS) is 16.0. The van der Waals surface area contributed by atoms with Gasteiger partial charge in [-0.25, -0.2) is 14.8 Å². The molecular formula is C22H31N5O. The fraction of sp³-hybridized carbons (Fsp3) is 0.500. The molecule has 150 valence electrons. The van der Waals surface area contributed by atoms with Crippen LogP contribution in [0.2, 0.25) is 0 Å². The molecule has 2 aromatic rings. The van der Waals surface area contributed by atoms with Crippen LogP contribution in [-0.4, -0.2) is 47.6 Å². The molecule has 0 radical (unpaired) electrons. The molecule has 1 saturated carbocycles. The Labute approximate surface area is 167 Å². The van der Waals surface area contributed by atoms with Crippen molar-refractivity contribution in [2.75, 3.05) is 26.0 Å². The molecule has 2 N–H and O–H groups in total. The SMILES string of the molecule is Cc1nccc(-c2cccc(NC(=O)NC[C@H](C3CCCCC3)N(C)C)c2)n1. The molecule has 1 atom stereocenters. The standard InChI is InChI=1S/C22H31N5O/c1-16-23-13-12-20(25-16)18-10-7-11-19(14-18)26-22(28)24-15-21(27(2)3)17-8-5-4-6-9-17/h7,10-14,17,21H,4-6,8-9,15H2,1-3H3,(H2,24,26,28)/t21-/m1/s1. The lowest BCUT2D eigenvalue weighted by atomic mass is 9.83. The second kappa shape index (κ2) is 9.64. The van der Waals surface area contributed by atoms with Gasteiger partial charge >= 0.3 is 6.03 Å². The molecule has 0 aliphatic heterocycles. The van der Waals surface area contributed by atoms with Gasteiger partial charge in [-0.05, 0) is 58.0 Å². The lowest BCUT2D eigenvalue weighted by Gasteiger charge is -2.34. The van der Waals surface area contributed by atoms with E-state index >= 15 is 0 Å². The van der Waals surface area contributed by atoms with Crippen LogP contribution in [0.5, 0.6) is 0 Å². The summed E-state index contributed by atoms with van der Waals surface area (Å²) in [5, 5.41) is 6.01. The van der Waals surface area contributed by atoms with Gasteiger partial charge in [0.15, 0.2) is 0 Å². The minimum Gasteiger partial charge on any atom is -0.336 e. The van der Waals surface area contributed by atoms with Gasteiger partial charge in [0, 0.05) is 30.0 Å². The van der Waals surface area contributed by atoms with Gasteiger partial charge in [-0.15, -0.1) is 0 Å². The second-order valence-electron chi connectivity index (χ2n) is 7.83. The first-order valence-electron chi connectivity index (χ1n) is 10.1. The fourth-order valence-corrected chi connectivity index (χ4v) is 4.04. The smallest absolute Gasteiger partial charge is 0.319 e. The van der Waals surface area contributed by atoms with Crippen molar-refractivity contribution in [1.29, 1.82) is 0 Å². The first kappa shape index (κ1) is 20.3. The summed E-state index contributed by atoms with van der Waals surface area (Å²) < 4.78 is 0. The van der Waals surface area contributed by atoms with E-state index in [1.54, 1.807) is 6.20 Å². The minimum absolute atomic E-state index is 0.168. The van der Waals surface area contributed by atoms with Crippen LogP contribution in [0.15, 0.2) is 36.5 Å². The van der Waals surface area contributed by atoms with E-state index < -0.39 is 0 Å². The van der Waals surface area contributed by atoms with Crippen LogP contribution in [0, 0.1) is 12.8 Å². The summed E-state index contributed by atoms with van der Waals surface area (Å²) in [5.74, 6) is 1.39. The van der Waals surface area contributed by atoms with Crippen molar-refractivity contribution in [1.82, 2.24) is 20.2 Å². The number of likely N-dealkylation sites (N-methyl/N-ethyl adjacent to an activating group) is 1. The molecule has 28 heavy (non-hydrogen) atoms. The Balaban J connectivity index is 1.59. The molecule has 3 rings (SSSR count). The fourth-order valence-electron chi connectivity index (χ4n) is 4.04. The quantitative estimate of drug-likeness (QED) is 0.791. The van der Waals surface area contributed by atoms with Gasteiger partial charge in [0.05, 0.1) is 5.69 Å². The van der Waals surface area contributed by atoms with Crippen molar-refractivity contribution in [2.45, 2.75) is 45.1 Å². The number of nitrogens with zero attached hydrogens (tertiary/aromatic N) is 3. The van der Waals surface area contributed by atoms with E-state index in [-0.39, 0.29) is 6.03 Å². The molecule has 1 aliphatic carbocycles. The van der Waals surface area contributed by atoms with E-state index in [2.05, 4.69) is 39.6 Å². The number of aryl methyl sites for hydroxylation is 1. The van der Waals surface area contributed by atoms with Gasteiger partial charge in [0.25, 0.3) is 0 Å². The van der Waals surface area contributed by atoms with Crippen molar-refractivity contribution in [3.05, 3.63) is 42.4 Å². The van der Waals surface area contributed by atoms with Crippen molar-refractivity contribution >= 4 is 11.7 Å². The molecule has 0 saturated heterocycles. The number of hydrogen-bond donors (Lipinski definition) is 2. The predicted octanol–water partition coefficient (Wildman–Crippen LogP) is 4.08. The summed E-state index contributed by atoms with van der Waals surface area (Å²) >= 11 is 0. The summed E-state index contributed by atoms with van der Waals surface area (Å²) in [7, 11) is 4.21. The molecule has 0 spiro atoms. The first-order chi connectivity index (χ1) is 13.5. The maximum absolute atomic E-state index is 12.5. The summed E-state index contributed by atoms with van der Waals surface area (Å²) in [6.45, 7) is 2.53. The Kier molecular flexibility index (Phi) is 6.98. The summed E-state index contributed by atoms with van der Waals surface area (Å²) in [6.07, 6.45) is 8.20. The van der Waals surface area contributed by atoms with Crippen LogP contribution in [0.3, 0.4) is 0 Å². The topological polar surface area (TPSA) is 70.2 Å². The van der Waals surface area contributed by atoms with Crippen LogP contribution in [0.25, 0.3) is 11.3 Å². The van der Waals surface area contributed by atoms with Crippen molar-refractivity contribution in [3.8, 4) is 11.3 Å². The third kappa shape index (κ3) is 5.52. The Morgan fingerprint density at radius 2 is 2.00 bits per heavy atom. The van der Waals surface area contributed by atoms with Gasteiger partial charge in [-0.1, -0.05) is 31.4 Å². The molecule has 1 aliphatic rings. The lowest BCUT2D eigenvalue weighted by Crippen LogP contribution is -2.46. The predicted molar refractivity (Wildman–Crippen MR) is 113 cm³/mol. The van der Waals surface area contributed by atoms with Gasteiger partial charge < -0.3 is 15.5 Å². The van der Waals surface area contributed by atoms with E-state index in [1.165, 1.54) is 32.1 Å². The number of nitrogens with one attached hydrogen (secondary N) is 2. The molecule has 0 bridgehead atoms. The van der Waals surface area contributed by atoms with E-state index in [4.69, 9.17) is 0 Å². The van der Waals surface area contributed by atoms with Crippen LogP contribution in [0.4, 0.5) is 10.5 Å². The summed E-state index contributed by atoms with van der Waals surface area (Å²) in [5.41, 5.74) is 2.56. The molecule has 1 fully saturated rings. The molecule has 6 nitrogen and oxygen atoms in total. The minimum atomic E-state index is -0.168. The third-order valence-corrected chi connectivity index (χ3v) is 5.52. The second-order valence-corrected chi connectivity index (χ2v) is 7.83. The number of carbonyl (C=O) groups is 1. The Morgan fingerprint density at radius 1 is 1.21 bits per heavy atom. The van der Waals surface area contributed by atoms with Gasteiger partial charge in [-0.2, -0.15) is 0 Å². The maximum atomic E-state index is 12.5. The largest absolute Gasteiger partial charge is 0.336 e. The highest BCUT2D eigenvalue weighted by molar-refractivity contribution is 5.90. The van der Waals surface area contributed by atoms with E-state index in [0.717, 1.165) is 22.8 Å². The number of benzene rings is 1. The highest BCUT2D eigenvalue weighted by Crippen LogP contribution is 2.28. The molecule has 1 heterocycles. The Hall–Kier alpha value is -2.47. The molecular weight excluding hydrogens is 350 g/mol. The number of urea groups is 1. The zero-order valence-corrected chi connectivity index (χ0v) is 17.1. The van der Waals surface area contributed by atoms with E-state index in [0.29, 0.717) is 18.5 Å². The molecule has 1 aromatic carbocycles. The average molecular weight is 382 g/mol.